The molecule has 0 aliphatic heterocycles. The van der Waals surface area contributed by atoms with Crippen LogP contribution in [0.4, 0.5) is 0 Å². The lowest BCUT2D eigenvalue weighted by molar-refractivity contribution is 0.0311. The van der Waals surface area contributed by atoms with Crippen LogP contribution in [-0.2, 0) is 14.8 Å². The molecule has 5 nitrogen and oxygen atoms in total. The highest BCUT2D eigenvalue weighted by molar-refractivity contribution is 7.89. The van der Waals surface area contributed by atoms with Gasteiger partial charge >= 0.3 is 0 Å². The standard InChI is InChI=1S/C14H16ClNO4S2/c15-12-3-1-2-4-14(12)22(18,19)16-9-13(20-7-6-17)11-5-8-21-10-11/h1-5,8,10,13,16-17H,6-7,9H2/t13-/m0/s1. The highest BCUT2D eigenvalue weighted by Crippen LogP contribution is 2.23. The second kappa shape index (κ2) is 8.05. The van der Waals surface area contributed by atoms with Crippen molar-refractivity contribution < 1.29 is 18.3 Å². The van der Waals surface area contributed by atoms with Crippen LogP contribution in [0.15, 0.2) is 46.0 Å². The topological polar surface area (TPSA) is 75.6 Å². The first-order chi connectivity index (χ1) is 10.5. The van der Waals surface area contributed by atoms with Crippen molar-refractivity contribution in [1.82, 2.24) is 4.72 Å². The summed E-state index contributed by atoms with van der Waals surface area (Å²) in [6.45, 7) is 0.0660. The number of benzene rings is 1. The minimum absolute atomic E-state index is 0.0305. The van der Waals surface area contributed by atoms with E-state index in [-0.39, 0.29) is 29.7 Å². The van der Waals surface area contributed by atoms with Crippen molar-refractivity contribution in [2.45, 2.75) is 11.0 Å². The van der Waals surface area contributed by atoms with Crippen LogP contribution in [0.3, 0.4) is 0 Å². The number of hydrogen-bond donors (Lipinski definition) is 2. The van der Waals surface area contributed by atoms with Crippen LogP contribution in [0.2, 0.25) is 5.02 Å². The Labute approximate surface area is 138 Å². The van der Waals surface area contributed by atoms with E-state index in [9.17, 15) is 8.42 Å². The van der Waals surface area contributed by atoms with E-state index in [0.29, 0.717) is 0 Å². The average Bonchev–Trinajstić information content (AvgIpc) is 3.02. The summed E-state index contributed by atoms with van der Waals surface area (Å²) in [6, 6.07) is 8.10. The third kappa shape index (κ3) is 4.52. The van der Waals surface area contributed by atoms with E-state index >= 15 is 0 Å². The second-order valence-corrected chi connectivity index (χ2v) is 7.34. The van der Waals surface area contributed by atoms with Crippen molar-refractivity contribution in [2.75, 3.05) is 19.8 Å². The fourth-order valence-electron chi connectivity index (χ4n) is 1.85. The Morgan fingerprint density at radius 2 is 2.09 bits per heavy atom. The number of rotatable bonds is 8. The third-order valence-corrected chi connectivity index (χ3v) is 5.54. The van der Waals surface area contributed by atoms with Gasteiger partial charge in [0.05, 0.1) is 24.3 Å². The van der Waals surface area contributed by atoms with Gasteiger partial charge in [-0.05, 0) is 34.5 Å². The largest absolute Gasteiger partial charge is 0.394 e. The Morgan fingerprint density at radius 3 is 2.73 bits per heavy atom. The fraction of sp³-hybridized carbons (Fsp3) is 0.286. The van der Waals surface area contributed by atoms with Crippen molar-refractivity contribution in [3.63, 3.8) is 0 Å². The molecule has 0 fully saturated rings. The molecule has 0 bridgehead atoms. The van der Waals surface area contributed by atoms with Crippen LogP contribution < -0.4 is 4.72 Å². The smallest absolute Gasteiger partial charge is 0.242 e. The van der Waals surface area contributed by atoms with Crippen LogP contribution in [0.5, 0.6) is 0 Å². The lowest BCUT2D eigenvalue weighted by atomic mass is 10.2. The predicted molar refractivity (Wildman–Crippen MR) is 86.7 cm³/mol. The molecule has 0 aliphatic carbocycles. The zero-order valence-corrected chi connectivity index (χ0v) is 14.0. The lowest BCUT2D eigenvalue weighted by Crippen LogP contribution is -2.30. The van der Waals surface area contributed by atoms with Gasteiger partial charge in [0.2, 0.25) is 10.0 Å². The lowest BCUT2D eigenvalue weighted by Gasteiger charge is -2.17. The minimum Gasteiger partial charge on any atom is -0.394 e. The van der Waals surface area contributed by atoms with E-state index in [1.54, 1.807) is 12.1 Å². The zero-order valence-electron chi connectivity index (χ0n) is 11.6. The zero-order chi connectivity index (χ0) is 16.0. The first-order valence-electron chi connectivity index (χ1n) is 6.53. The maximum atomic E-state index is 12.3. The van der Waals surface area contributed by atoms with Crippen molar-refractivity contribution in [1.29, 1.82) is 0 Å². The van der Waals surface area contributed by atoms with Gasteiger partial charge in [0.1, 0.15) is 4.90 Å². The van der Waals surface area contributed by atoms with Crippen LogP contribution in [0.1, 0.15) is 11.7 Å². The Morgan fingerprint density at radius 1 is 1.32 bits per heavy atom. The van der Waals surface area contributed by atoms with Crippen LogP contribution in [0, 0.1) is 0 Å². The number of halogens is 1. The molecule has 2 rings (SSSR count). The van der Waals surface area contributed by atoms with E-state index in [4.69, 9.17) is 21.4 Å². The molecule has 0 saturated carbocycles. The van der Waals surface area contributed by atoms with Gasteiger partial charge < -0.3 is 9.84 Å². The molecule has 120 valence electrons. The monoisotopic (exact) mass is 361 g/mol. The molecule has 8 heteroatoms. The Hall–Kier alpha value is -0.960. The van der Waals surface area contributed by atoms with Crippen LogP contribution in [0.25, 0.3) is 0 Å². The van der Waals surface area contributed by atoms with E-state index in [1.165, 1.54) is 23.5 Å². The molecule has 0 unspecified atom stereocenters. The summed E-state index contributed by atoms with van der Waals surface area (Å²) in [5, 5.41) is 12.8. The number of sulfonamides is 1. The summed E-state index contributed by atoms with van der Waals surface area (Å²) in [4.78, 5) is 0.0305. The van der Waals surface area contributed by atoms with Gasteiger partial charge in [0.25, 0.3) is 0 Å². The highest BCUT2D eigenvalue weighted by atomic mass is 35.5. The summed E-state index contributed by atoms with van der Waals surface area (Å²) in [7, 11) is -3.72. The van der Waals surface area contributed by atoms with E-state index in [0.717, 1.165) is 5.56 Å². The number of aliphatic hydroxyl groups excluding tert-OH is 1. The molecule has 0 saturated heterocycles. The third-order valence-electron chi connectivity index (χ3n) is 2.91. The number of ether oxygens (including phenoxy) is 1. The SMILES string of the molecule is O=S(=O)(NC[C@H](OCCO)c1ccsc1)c1ccccc1Cl. The molecule has 1 atom stereocenters. The Kier molecular flexibility index (Phi) is 6.37. The quantitative estimate of drug-likeness (QED) is 0.757. The van der Waals surface area contributed by atoms with Crippen LogP contribution >= 0.6 is 22.9 Å². The Bertz CT molecular complexity index is 689. The van der Waals surface area contributed by atoms with Gasteiger partial charge in [-0.3, -0.25) is 0 Å². The molecule has 2 aromatic rings. The van der Waals surface area contributed by atoms with Crippen molar-refractivity contribution in [3.8, 4) is 0 Å². The predicted octanol–water partition coefficient (Wildman–Crippen LogP) is 2.43. The number of thiophene rings is 1. The van der Waals surface area contributed by atoms with Gasteiger partial charge in [-0.15, -0.1) is 0 Å². The van der Waals surface area contributed by atoms with E-state index < -0.39 is 16.1 Å². The first kappa shape index (κ1) is 17.4. The second-order valence-electron chi connectivity index (χ2n) is 4.42. The van der Waals surface area contributed by atoms with E-state index in [2.05, 4.69) is 4.72 Å². The van der Waals surface area contributed by atoms with Crippen LogP contribution in [-0.4, -0.2) is 33.3 Å². The maximum Gasteiger partial charge on any atom is 0.242 e. The summed E-state index contributed by atoms with van der Waals surface area (Å²) in [5.41, 5.74) is 0.861. The molecule has 0 amide bonds. The summed E-state index contributed by atoms with van der Waals surface area (Å²) < 4.78 is 32.6. The summed E-state index contributed by atoms with van der Waals surface area (Å²) in [6.07, 6.45) is -0.462. The fourth-order valence-corrected chi connectivity index (χ4v) is 4.10. The molecule has 1 heterocycles. The molecule has 22 heavy (non-hydrogen) atoms. The van der Waals surface area contributed by atoms with Gasteiger partial charge in [0.15, 0.2) is 0 Å². The molecule has 0 spiro atoms. The summed E-state index contributed by atoms with van der Waals surface area (Å²) >= 11 is 7.42. The van der Waals surface area contributed by atoms with Gasteiger partial charge in [-0.1, -0.05) is 23.7 Å². The molecular formula is C14H16ClNO4S2. The molecule has 0 aliphatic rings. The number of aliphatic hydroxyl groups is 1. The summed E-state index contributed by atoms with van der Waals surface area (Å²) in [5.74, 6) is 0. The van der Waals surface area contributed by atoms with Gasteiger partial charge in [0, 0.05) is 6.54 Å². The average molecular weight is 362 g/mol. The van der Waals surface area contributed by atoms with Gasteiger partial charge in [-0.25, -0.2) is 13.1 Å². The van der Waals surface area contributed by atoms with Gasteiger partial charge in [-0.2, -0.15) is 11.3 Å². The number of hydrogen-bond acceptors (Lipinski definition) is 5. The highest BCUT2D eigenvalue weighted by Gasteiger charge is 2.20. The molecule has 1 aromatic carbocycles. The normalized spacial score (nSPS) is 13.2. The molecule has 0 radical (unpaired) electrons. The van der Waals surface area contributed by atoms with Crippen molar-refractivity contribution >= 4 is 33.0 Å². The molecular weight excluding hydrogens is 346 g/mol. The molecule has 2 N–H and O–H groups in total. The van der Waals surface area contributed by atoms with Crippen molar-refractivity contribution in [2.24, 2.45) is 0 Å². The first-order valence-corrected chi connectivity index (χ1v) is 9.34. The Balaban J connectivity index is 2.10. The van der Waals surface area contributed by atoms with E-state index in [1.807, 2.05) is 16.8 Å². The minimum atomic E-state index is -3.72. The molecule has 1 aromatic heterocycles. The number of nitrogens with one attached hydrogen (secondary N) is 1. The maximum absolute atomic E-state index is 12.3. The van der Waals surface area contributed by atoms with Crippen molar-refractivity contribution in [3.05, 3.63) is 51.7 Å².